The van der Waals surface area contributed by atoms with Gasteiger partial charge in [0.1, 0.15) is 17.0 Å². The number of nitrogens with zero attached hydrogens (tertiary/aromatic N) is 3. The molecule has 1 atom stereocenters. The van der Waals surface area contributed by atoms with E-state index in [0.29, 0.717) is 53.9 Å². The third-order valence-corrected chi connectivity index (χ3v) is 6.33. The average molecular weight is 575 g/mol. The number of carbonyl (C=O) groups excluding carboxylic acids is 3. The number of ether oxygens (including phenoxy) is 1. The van der Waals surface area contributed by atoms with Gasteiger partial charge < -0.3 is 36.6 Å². The van der Waals surface area contributed by atoms with Crippen molar-refractivity contribution >= 4 is 46.7 Å². The highest BCUT2D eigenvalue weighted by atomic mass is 16.6. The number of primary amides is 1. The highest BCUT2D eigenvalue weighted by Gasteiger charge is 2.29. The van der Waals surface area contributed by atoms with Crippen LogP contribution in [0, 0.1) is 0 Å². The highest BCUT2D eigenvalue weighted by Crippen LogP contribution is 2.23. The minimum absolute atomic E-state index is 0.0637. The predicted octanol–water partition coefficient (Wildman–Crippen LogP) is 4.81. The first-order valence-electron chi connectivity index (χ1n) is 13.9. The van der Waals surface area contributed by atoms with Crippen molar-refractivity contribution < 1.29 is 19.1 Å². The number of likely N-dealkylation sites (tertiary alicyclic amines) is 1. The Labute approximate surface area is 245 Å². The molecule has 222 valence electrons. The number of hydrogen-bond donors (Lipinski definition) is 5. The van der Waals surface area contributed by atoms with Crippen LogP contribution >= 0.6 is 0 Å². The van der Waals surface area contributed by atoms with Gasteiger partial charge in [-0.1, -0.05) is 13.0 Å². The van der Waals surface area contributed by atoms with E-state index < -0.39 is 11.5 Å². The quantitative estimate of drug-likeness (QED) is 0.228. The zero-order valence-electron chi connectivity index (χ0n) is 24.4. The molecular weight excluding hydrogens is 536 g/mol. The summed E-state index contributed by atoms with van der Waals surface area (Å²) < 4.78 is 5.49. The van der Waals surface area contributed by atoms with Crippen molar-refractivity contribution in [1.29, 1.82) is 0 Å². The topological polar surface area (TPSA) is 164 Å². The summed E-state index contributed by atoms with van der Waals surface area (Å²) in [5.41, 5.74) is 7.55. The summed E-state index contributed by atoms with van der Waals surface area (Å²) >= 11 is 0. The standard InChI is InChI=1S/C30H38N8O4/c1-5-14-32-26-24(17-33-28(37-26)36-20-11-9-19(10-12-20)25(31)39)27(40)35-22-8-6-7-21(16-22)34-23-13-15-38(18-23)29(41)42-30(2,3)4/h6-12,16-17,23,34H,5,13-15,18H2,1-4H3,(H2,31,39)(H,35,40)(H2,32,33,36,37). The molecule has 1 saturated heterocycles. The van der Waals surface area contributed by atoms with Crippen molar-refractivity contribution in [3.63, 3.8) is 0 Å². The molecule has 3 amide bonds. The Balaban J connectivity index is 1.41. The van der Waals surface area contributed by atoms with Gasteiger partial charge in [-0.05, 0) is 76.1 Å². The fourth-order valence-corrected chi connectivity index (χ4v) is 4.32. The predicted molar refractivity (Wildman–Crippen MR) is 163 cm³/mol. The van der Waals surface area contributed by atoms with Crippen LogP contribution in [0.5, 0.6) is 0 Å². The van der Waals surface area contributed by atoms with Crippen LogP contribution in [0.3, 0.4) is 0 Å². The number of rotatable bonds is 10. The number of anilines is 5. The fourth-order valence-electron chi connectivity index (χ4n) is 4.32. The molecule has 0 bridgehead atoms. The molecule has 0 saturated carbocycles. The number of nitrogens with one attached hydrogen (secondary N) is 4. The van der Waals surface area contributed by atoms with E-state index in [9.17, 15) is 14.4 Å². The Bertz CT molecular complexity index is 1420. The van der Waals surface area contributed by atoms with E-state index in [0.717, 1.165) is 18.5 Å². The van der Waals surface area contributed by atoms with Gasteiger partial charge >= 0.3 is 6.09 Å². The summed E-state index contributed by atoms with van der Waals surface area (Å²) in [6.07, 6.45) is 2.77. The van der Waals surface area contributed by atoms with Gasteiger partial charge in [-0.2, -0.15) is 4.98 Å². The summed E-state index contributed by atoms with van der Waals surface area (Å²) in [5, 5.41) is 12.7. The molecule has 6 N–H and O–H groups in total. The van der Waals surface area contributed by atoms with Crippen LogP contribution in [0.4, 0.5) is 33.6 Å². The monoisotopic (exact) mass is 574 g/mol. The number of carbonyl (C=O) groups is 3. The smallest absolute Gasteiger partial charge is 0.410 e. The minimum Gasteiger partial charge on any atom is -0.444 e. The molecule has 12 nitrogen and oxygen atoms in total. The maximum atomic E-state index is 13.3. The van der Waals surface area contributed by atoms with Crippen LogP contribution in [0.1, 0.15) is 61.3 Å². The first-order chi connectivity index (χ1) is 20.0. The Hall–Kier alpha value is -4.87. The second-order valence-electron chi connectivity index (χ2n) is 11.0. The van der Waals surface area contributed by atoms with Gasteiger partial charge in [0.15, 0.2) is 0 Å². The molecule has 1 aromatic heterocycles. The Morgan fingerprint density at radius 3 is 2.50 bits per heavy atom. The second kappa shape index (κ2) is 13.2. The van der Waals surface area contributed by atoms with Gasteiger partial charge in [-0.3, -0.25) is 9.59 Å². The Kier molecular flexibility index (Phi) is 9.46. The molecule has 2 aromatic carbocycles. The molecule has 0 aliphatic carbocycles. The Morgan fingerprint density at radius 1 is 1.07 bits per heavy atom. The number of nitrogens with two attached hydrogens (primary N) is 1. The molecule has 4 rings (SSSR count). The van der Waals surface area contributed by atoms with Gasteiger partial charge in [0.25, 0.3) is 5.91 Å². The van der Waals surface area contributed by atoms with Crippen molar-refractivity contribution in [2.45, 2.75) is 52.2 Å². The van der Waals surface area contributed by atoms with Crippen molar-refractivity contribution in [1.82, 2.24) is 14.9 Å². The van der Waals surface area contributed by atoms with Gasteiger partial charge in [-0.15, -0.1) is 0 Å². The lowest BCUT2D eigenvalue weighted by Crippen LogP contribution is -2.36. The molecule has 2 heterocycles. The maximum Gasteiger partial charge on any atom is 0.410 e. The van der Waals surface area contributed by atoms with Crippen molar-refractivity contribution in [3.8, 4) is 0 Å². The molecule has 12 heteroatoms. The highest BCUT2D eigenvalue weighted by molar-refractivity contribution is 6.07. The number of hydrogen-bond acceptors (Lipinski definition) is 9. The van der Waals surface area contributed by atoms with E-state index in [2.05, 4.69) is 31.2 Å². The molecule has 3 aromatic rings. The third-order valence-electron chi connectivity index (χ3n) is 6.33. The Morgan fingerprint density at radius 2 is 1.81 bits per heavy atom. The summed E-state index contributed by atoms with van der Waals surface area (Å²) in [5.74, 6) is -0.188. The fraction of sp³-hybridized carbons (Fsp3) is 0.367. The molecular formula is C30H38N8O4. The van der Waals surface area contributed by atoms with Crippen LogP contribution in [0.25, 0.3) is 0 Å². The molecule has 1 aliphatic heterocycles. The van der Waals surface area contributed by atoms with E-state index in [4.69, 9.17) is 10.5 Å². The van der Waals surface area contributed by atoms with Crippen LogP contribution in [0.2, 0.25) is 0 Å². The summed E-state index contributed by atoms with van der Waals surface area (Å²) in [6.45, 7) is 9.33. The van der Waals surface area contributed by atoms with Gasteiger partial charge in [0, 0.05) is 54.5 Å². The van der Waals surface area contributed by atoms with Crippen molar-refractivity contribution in [2.24, 2.45) is 5.73 Å². The molecule has 1 fully saturated rings. The van der Waals surface area contributed by atoms with Crippen LogP contribution in [-0.2, 0) is 4.74 Å². The molecule has 1 unspecified atom stereocenters. The average Bonchev–Trinajstić information content (AvgIpc) is 3.40. The largest absolute Gasteiger partial charge is 0.444 e. The van der Waals surface area contributed by atoms with Gasteiger partial charge in [0.05, 0.1) is 0 Å². The van der Waals surface area contributed by atoms with Gasteiger partial charge in [-0.25, -0.2) is 9.78 Å². The second-order valence-corrected chi connectivity index (χ2v) is 11.0. The van der Waals surface area contributed by atoms with Crippen LogP contribution in [0.15, 0.2) is 54.7 Å². The van der Waals surface area contributed by atoms with E-state index in [1.807, 2.05) is 45.9 Å². The van der Waals surface area contributed by atoms with E-state index in [-0.39, 0.29) is 18.0 Å². The SMILES string of the molecule is CCCNc1nc(Nc2ccc(C(N)=O)cc2)ncc1C(=O)Nc1cccc(NC2CCN(C(=O)OC(C)(C)C)C2)c1. The normalized spacial score (nSPS) is 14.7. The summed E-state index contributed by atoms with van der Waals surface area (Å²) in [4.78, 5) is 47.6. The number of amides is 3. The van der Waals surface area contributed by atoms with E-state index in [1.54, 1.807) is 35.2 Å². The summed E-state index contributed by atoms with van der Waals surface area (Å²) in [7, 11) is 0. The minimum atomic E-state index is -0.539. The number of aromatic nitrogens is 2. The lowest BCUT2D eigenvalue weighted by molar-refractivity contribution is 0.0293. The zero-order chi connectivity index (χ0) is 30.3. The summed E-state index contributed by atoms with van der Waals surface area (Å²) in [6, 6.07) is 14.1. The lowest BCUT2D eigenvalue weighted by Gasteiger charge is -2.24. The lowest BCUT2D eigenvalue weighted by atomic mass is 10.2. The molecule has 1 aliphatic rings. The molecule has 0 radical (unpaired) electrons. The van der Waals surface area contributed by atoms with Crippen LogP contribution in [-0.4, -0.2) is 64.1 Å². The first-order valence-corrected chi connectivity index (χ1v) is 13.9. The maximum absolute atomic E-state index is 13.3. The van der Waals surface area contributed by atoms with Gasteiger partial charge in [0.2, 0.25) is 11.9 Å². The van der Waals surface area contributed by atoms with Crippen molar-refractivity contribution in [2.75, 3.05) is 40.9 Å². The van der Waals surface area contributed by atoms with Crippen LogP contribution < -0.4 is 27.0 Å². The number of benzene rings is 2. The zero-order valence-corrected chi connectivity index (χ0v) is 24.4. The first kappa shape index (κ1) is 30.1. The molecule has 0 spiro atoms. The third kappa shape index (κ3) is 8.32. The molecule has 42 heavy (non-hydrogen) atoms. The van der Waals surface area contributed by atoms with E-state index >= 15 is 0 Å². The van der Waals surface area contributed by atoms with E-state index in [1.165, 1.54) is 6.20 Å². The van der Waals surface area contributed by atoms with Crippen molar-refractivity contribution in [3.05, 3.63) is 65.9 Å².